The Morgan fingerprint density at radius 1 is 1.00 bits per heavy atom. The molecular formula is C16H21FN4. The van der Waals surface area contributed by atoms with Crippen molar-refractivity contribution in [3.05, 3.63) is 47.5 Å². The van der Waals surface area contributed by atoms with Crippen molar-refractivity contribution in [1.29, 1.82) is 0 Å². The highest BCUT2D eigenvalue weighted by atomic mass is 19.1. The van der Waals surface area contributed by atoms with E-state index in [1.165, 1.54) is 12.1 Å². The summed E-state index contributed by atoms with van der Waals surface area (Å²) in [6.45, 7) is 6.13. The topological polar surface area (TPSA) is 49.8 Å². The predicted molar refractivity (Wildman–Crippen MR) is 84.1 cm³/mol. The lowest BCUT2D eigenvalue weighted by Crippen LogP contribution is -2.11. The molecule has 0 aliphatic heterocycles. The van der Waals surface area contributed by atoms with Crippen LogP contribution in [-0.4, -0.2) is 17.0 Å². The van der Waals surface area contributed by atoms with E-state index in [2.05, 4.69) is 34.4 Å². The second-order valence-corrected chi connectivity index (χ2v) is 5.32. The molecule has 0 amide bonds. The van der Waals surface area contributed by atoms with Crippen molar-refractivity contribution in [2.24, 2.45) is 0 Å². The number of nitrogens with zero attached hydrogens (tertiary/aromatic N) is 2. The molecule has 0 bridgehead atoms. The Hall–Kier alpha value is -2.17. The lowest BCUT2D eigenvalue weighted by Gasteiger charge is -2.17. The Morgan fingerprint density at radius 3 is 2.19 bits per heavy atom. The molecule has 0 fully saturated rings. The minimum atomic E-state index is -0.229. The van der Waals surface area contributed by atoms with Gasteiger partial charge in [-0.1, -0.05) is 26.0 Å². The lowest BCUT2D eigenvalue weighted by molar-refractivity contribution is 0.626. The van der Waals surface area contributed by atoms with Crippen molar-refractivity contribution in [3.8, 4) is 0 Å². The maximum Gasteiger partial charge on any atom is 0.135 e. The van der Waals surface area contributed by atoms with Gasteiger partial charge in [0.2, 0.25) is 0 Å². The summed E-state index contributed by atoms with van der Waals surface area (Å²) in [4.78, 5) is 8.96. The third kappa shape index (κ3) is 3.90. The molecule has 2 aromatic rings. The first kappa shape index (κ1) is 15.2. The number of aromatic nitrogens is 2. The largest absolute Gasteiger partial charge is 0.373 e. The average molecular weight is 288 g/mol. The summed E-state index contributed by atoms with van der Waals surface area (Å²) in [5, 5.41) is 6.38. The van der Waals surface area contributed by atoms with Gasteiger partial charge in [-0.2, -0.15) is 0 Å². The van der Waals surface area contributed by atoms with Crippen molar-refractivity contribution >= 4 is 11.6 Å². The lowest BCUT2D eigenvalue weighted by atomic mass is 10.1. The summed E-state index contributed by atoms with van der Waals surface area (Å²) in [5.41, 5.74) is 1.01. The number of hydrogen-bond acceptors (Lipinski definition) is 4. The molecular weight excluding hydrogens is 267 g/mol. The zero-order valence-electron chi connectivity index (χ0n) is 12.8. The second kappa shape index (κ2) is 6.52. The smallest absolute Gasteiger partial charge is 0.135 e. The molecule has 0 spiro atoms. The number of anilines is 2. The normalized spacial score (nSPS) is 12.3. The number of benzene rings is 1. The molecule has 5 heteroatoms. The van der Waals surface area contributed by atoms with Gasteiger partial charge in [-0.05, 0) is 24.6 Å². The first-order valence-corrected chi connectivity index (χ1v) is 7.08. The highest BCUT2D eigenvalue weighted by Gasteiger charge is 2.10. The molecule has 4 nitrogen and oxygen atoms in total. The molecule has 0 aliphatic carbocycles. The van der Waals surface area contributed by atoms with Gasteiger partial charge >= 0.3 is 0 Å². The monoisotopic (exact) mass is 288 g/mol. The van der Waals surface area contributed by atoms with Crippen molar-refractivity contribution < 1.29 is 4.39 Å². The molecule has 2 N–H and O–H groups in total. The van der Waals surface area contributed by atoms with Crippen molar-refractivity contribution in [2.45, 2.75) is 32.7 Å². The Morgan fingerprint density at radius 2 is 1.62 bits per heavy atom. The number of nitrogens with one attached hydrogen (secondary N) is 2. The van der Waals surface area contributed by atoms with E-state index in [-0.39, 0.29) is 17.8 Å². The fraction of sp³-hybridized carbons (Fsp3) is 0.375. The SMILES string of the molecule is CNc1cc(NC(C)c2ccc(F)cc2)nc(C(C)C)n1. The van der Waals surface area contributed by atoms with E-state index < -0.39 is 0 Å². The maximum absolute atomic E-state index is 13.0. The van der Waals surface area contributed by atoms with Gasteiger partial charge in [-0.15, -0.1) is 0 Å². The molecule has 0 saturated heterocycles. The van der Waals surface area contributed by atoms with Gasteiger partial charge in [-0.25, -0.2) is 14.4 Å². The standard InChI is InChI=1S/C16H21FN4/c1-10(2)16-20-14(18-4)9-15(21-16)19-11(3)12-5-7-13(17)8-6-12/h5-11H,1-4H3,(H2,18,19,20,21). The van der Waals surface area contributed by atoms with Gasteiger partial charge in [0, 0.05) is 25.1 Å². The van der Waals surface area contributed by atoms with Gasteiger partial charge in [0.15, 0.2) is 0 Å². The Kier molecular flexibility index (Phi) is 4.73. The van der Waals surface area contributed by atoms with E-state index in [0.29, 0.717) is 0 Å². The molecule has 112 valence electrons. The van der Waals surface area contributed by atoms with Crippen LogP contribution < -0.4 is 10.6 Å². The summed E-state index contributed by atoms with van der Waals surface area (Å²) in [7, 11) is 1.83. The number of rotatable bonds is 5. The van der Waals surface area contributed by atoms with E-state index >= 15 is 0 Å². The first-order chi connectivity index (χ1) is 9.99. The van der Waals surface area contributed by atoms with Crippen LogP contribution in [0.15, 0.2) is 30.3 Å². The molecule has 0 radical (unpaired) electrons. The van der Waals surface area contributed by atoms with Crippen LogP contribution in [-0.2, 0) is 0 Å². The molecule has 1 unspecified atom stereocenters. The summed E-state index contributed by atoms with van der Waals surface area (Å²) >= 11 is 0. The molecule has 1 aromatic carbocycles. The molecule has 1 aromatic heterocycles. The van der Waals surface area contributed by atoms with E-state index in [1.54, 1.807) is 12.1 Å². The third-order valence-corrected chi connectivity index (χ3v) is 3.25. The molecule has 1 heterocycles. The van der Waals surface area contributed by atoms with E-state index in [9.17, 15) is 4.39 Å². The fourth-order valence-electron chi connectivity index (χ4n) is 1.98. The molecule has 0 aliphatic rings. The third-order valence-electron chi connectivity index (χ3n) is 3.25. The van der Waals surface area contributed by atoms with E-state index in [0.717, 1.165) is 23.0 Å². The summed E-state index contributed by atoms with van der Waals surface area (Å²) in [6, 6.07) is 8.38. The number of hydrogen-bond donors (Lipinski definition) is 2. The Bertz CT molecular complexity index is 596. The van der Waals surface area contributed by atoms with Crippen LogP contribution in [0.2, 0.25) is 0 Å². The van der Waals surface area contributed by atoms with Gasteiger partial charge in [0.25, 0.3) is 0 Å². The van der Waals surface area contributed by atoms with Crippen molar-refractivity contribution in [2.75, 3.05) is 17.7 Å². The molecule has 2 rings (SSSR count). The Balaban J connectivity index is 2.21. The highest BCUT2D eigenvalue weighted by Crippen LogP contribution is 2.22. The van der Waals surface area contributed by atoms with Gasteiger partial charge < -0.3 is 10.6 Å². The minimum Gasteiger partial charge on any atom is -0.373 e. The van der Waals surface area contributed by atoms with Gasteiger partial charge in [-0.3, -0.25) is 0 Å². The van der Waals surface area contributed by atoms with Crippen LogP contribution in [0, 0.1) is 5.82 Å². The van der Waals surface area contributed by atoms with E-state index in [4.69, 9.17) is 0 Å². The van der Waals surface area contributed by atoms with Crippen molar-refractivity contribution in [1.82, 2.24) is 9.97 Å². The molecule has 0 saturated carbocycles. The zero-order chi connectivity index (χ0) is 15.4. The van der Waals surface area contributed by atoms with Crippen molar-refractivity contribution in [3.63, 3.8) is 0 Å². The van der Waals surface area contributed by atoms with Crippen LogP contribution in [0.1, 0.15) is 44.1 Å². The van der Waals surface area contributed by atoms with Crippen LogP contribution in [0.3, 0.4) is 0 Å². The summed E-state index contributed by atoms with van der Waals surface area (Å²) in [6.07, 6.45) is 0. The minimum absolute atomic E-state index is 0.0326. The van der Waals surface area contributed by atoms with Crippen LogP contribution in [0.4, 0.5) is 16.0 Å². The molecule has 21 heavy (non-hydrogen) atoms. The van der Waals surface area contributed by atoms with Crippen LogP contribution in [0.5, 0.6) is 0 Å². The molecule has 1 atom stereocenters. The fourth-order valence-corrected chi connectivity index (χ4v) is 1.98. The quantitative estimate of drug-likeness (QED) is 0.874. The van der Waals surface area contributed by atoms with Gasteiger partial charge in [0.1, 0.15) is 23.3 Å². The highest BCUT2D eigenvalue weighted by molar-refractivity contribution is 5.48. The Labute approximate surface area is 124 Å². The zero-order valence-corrected chi connectivity index (χ0v) is 12.8. The second-order valence-electron chi connectivity index (χ2n) is 5.32. The van der Waals surface area contributed by atoms with Gasteiger partial charge in [0.05, 0.1) is 0 Å². The summed E-state index contributed by atoms with van der Waals surface area (Å²) in [5.74, 6) is 2.35. The summed E-state index contributed by atoms with van der Waals surface area (Å²) < 4.78 is 13.0. The van der Waals surface area contributed by atoms with E-state index in [1.807, 2.05) is 20.0 Å². The maximum atomic E-state index is 13.0. The van der Waals surface area contributed by atoms with Crippen LogP contribution in [0.25, 0.3) is 0 Å². The van der Waals surface area contributed by atoms with Crippen LogP contribution >= 0.6 is 0 Å². The first-order valence-electron chi connectivity index (χ1n) is 7.08. The average Bonchev–Trinajstić information content (AvgIpc) is 2.47. The number of halogens is 1. The predicted octanol–water partition coefficient (Wildman–Crippen LogP) is 3.95.